The molecule has 0 saturated carbocycles. The Bertz CT molecular complexity index is 2200. The van der Waals surface area contributed by atoms with Crippen LogP contribution in [0.5, 0.6) is 0 Å². The minimum Gasteiger partial charge on any atom is -0.0984 e. The summed E-state index contributed by atoms with van der Waals surface area (Å²) in [5.74, 6) is 0. The summed E-state index contributed by atoms with van der Waals surface area (Å²) in [5.41, 5.74) is 1.22. The molecule has 0 bridgehead atoms. The fourth-order valence-corrected chi connectivity index (χ4v) is 13.9. The van der Waals surface area contributed by atoms with E-state index < -0.39 is 23.8 Å². The topological polar surface area (TPSA) is 0 Å². The van der Waals surface area contributed by atoms with Crippen molar-refractivity contribution in [3.63, 3.8) is 0 Å². The Morgan fingerprint density at radius 2 is 0.417 bits per heavy atom. The van der Waals surface area contributed by atoms with Gasteiger partial charge in [-0.25, -0.2) is 0 Å². The molecule has 0 aliphatic heterocycles. The van der Waals surface area contributed by atoms with E-state index in [2.05, 4.69) is 273 Å². The predicted molar refractivity (Wildman–Crippen MR) is 266 cm³/mol. The summed E-state index contributed by atoms with van der Waals surface area (Å²) in [4.78, 5) is 0. The molecule has 0 aliphatic rings. The molecule has 0 aliphatic carbocycles. The van der Waals surface area contributed by atoms with Gasteiger partial charge in [-0.05, 0) is 77.1 Å². The van der Waals surface area contributed by atoms with Gasteiger partial charge in [0, 0.05) is 21.1 Å². The molecule has 60 heavy (non-hydrogen) atoms. The molecule has 296 valence electrons. The van der Waals surface area contributed by atoms with Crippen molar-refractivity contribution >= 4 is 77.6 Å². The first-order valence-electron chi connectivity index (χ1n) is 19.8. The molecule has 0 atom stereocenters. The molecule has 0 N–H and O–H groups in total. The summed E-state index contributed by atoms with van der Waals surface area (Å²) in [7, 11) is -1.44. The van der Waals surface area contributed by atoms with E-state index in [4.69, 9.17) is 0 Å². The van der Waals surface area contributed by atoms with Crippen molar-refractivity contribution in [3.8, 4) is 0 Å². The second-order valence-corrected chi connectivity index (χ2v) is 20.1. The minimum absolute atomic E-state index is 0. The van der Waals surface area contributed by atoms with Crippen molar-refractivity contribution < 1.29 is 21.1 Å². The predicted octanol–water partition coefficient (Wildman–Crippen LogP) is 11.0. The minimum atomic E-state index is -0.544. The fourth-order valence-electron chi connectivity index (χ4n) is 6.80. The van der Waals surface area contributed by atoms with Gasteiger partial charge in [0.15, 0.2) is 0 Å². The normalized spacial score (nSPS) is 10.4. The van der Waals surface area contributed by atoms with Crippen molar-refractivity contribution in [3.05, 3.63) is 279 Å². The zero-order valence-electron chi connectivity index (χ0n) is 33.3. The van der Waals surface area contributed by atoms with Gasteiger partial charge in [-0.15, -0.1) is 0 Å². The van der Waals surface area contributed by atoms with E-state index in [1.54, 1.807) is 0 Å². The van der Waals surface area contributed by atoms with E-state index in [9.17, 15) is 0 Å². The fraction of sp³-hybridized carbons (Fsp3) is 0. The van der Waals surface area contributed by atoms with Gasteiger partial charge in [0.25, 0.3) is 0 Å². The quantitative estimate of drug-likeness (QED) is 0.120. The molecule has 0 nitrogen and oxygen atoms in total. The van der Waals surface area contributed by atoms with Gasteiger partial charge in [0.05, 0.1) is 0 Å². The molecule has 0 saturated heterocycles. The third-order valence-electron chi connectivity index (χ3n) is 9.51. The van der Waals surface area contributed by atoms with Gasteiger partial charge in [-0.2, -0.15) is 0 Å². The average molecular weight is 1010 g/mol. The first-order chi connectivity index (χ1) is 29.3. The van der Waals surface area contributed by atoms with Crippen LogP contribution in [0.25, 0.3) is 6.08 Å². The van der Waals surface area contributed by atoms with Crippen LogP contribution in [0.15, 0.2) is 273 Å². The van der Waals surface area contributed by atoms with E-state index in [1.165, 1.54) is 53.3 Å². The van der Waals surface area contributed by atoms with Gasteiger partial charge in [-0.1, -0.05) is 280 Å². The Balaban J connectivity index is 0.000000150. The second kappa shape index (κ2) is 24.1. The summed E-state index contributed by atoms with van der Waals surface area (Å²) in [6, 6.07) is 94.7. The van der Waals surface area contributed by atoms with Crippen molar-refractivity contribution in [2.45, 2.75) is 0 Å². The summed E-state index contributed by atoms with van der Waals surface area (Å²) < 4.78 is 0. The van der Waals surface area contributed by atoms with Gasteiger partial charge in [-0.3, -0.25) is 0 Å². The molecule has 9 rings (SSSR count). The molecule has 0 amide bonds. The molecular formula is C56H47P3Pt. The van der Waals surface area contributed by atoms with Crippen LogP contribution in [0.4, 0.5) is 0 Å². The van der Waals surface area contributed by atoms with E-state index >= 15 is 0 Å². The van der Waals surface area contributed by atoms with E-state index in [1.807, 2.05) is 6.08 Å². The molecule has 0 unspecified atom stereocenters. The molecule has 0 fully saturated rings. The number of hydrogen-bond donors (Lipinski definition) is 0. The number of rotatable bonds is 10. The largest absolute Gasteiger partial charge is 0.0984 e. The van der Waals surface area contributed by atoms with Crippen LogP contribution in [0.3, 0.4) is 0 Å². The molecule has 9 aromatic carbocycles. The molecular weight excluding hydrogens is 961 g/mol. The van der Waals surface area contributed by atoms with E-state index in [-0.39, 0.29) is 21.1 Å². The third kappa shape index (κ3) is 12.1. The van der Waals surface area contributed by atoms with Crippen molar-refractivity contribution in [2.24, 2.45) is 0 Å². The zero-order chi connectivity index (χ0) is 40.3. The Morgan fingerprint density at radius 3 is 0.633 bits per heavy atom. The molecule has 9 aromatic rings. The van der Waals surface area contributed by atoms with Crippen LogP contribution in [0, 0.1) is 0 Å². The van der Waals surface area contributed by atoms with Crippen LogP contribution >= 0.6 is 23.8 Å². The van der Waals surface area contributed by atoms with Gasteiger partial charge >= 0.3 is 0 Å². The van der Waals surface area contributed by atoms with Crippen LogP contribution < -0.4 is 47.7 Å². The SMILES string of the molecule is C=Cc1ccccc1P(c1ccccc1)c1ccccc1.[Pt].c1ccc(P(c2ccccc2)c2ccccc2)cc1.c1ccc(P(c2ccccc2)c2ccccc2)cc1. The molecule has 0 aromatic heterocycles. The van der Waals surface area contributed by atoms with Gasteiger partial charge < -0.3 is 0 Å². The zero-order valence-corrected chi connectivity index (χ0v) is 38.3. The maximum atomic E-state index is 3.97. The van der Waals surface area contributed by atoms with Crippen LogP contribution in [0.1, 0.15) is 5.56 Å². The van der Waals surface area contributed by atoms with Crippen LogP contribution in [-0.2, 0) is 21.1 Å². The summed E-state index contributed by atoms with van der Waals surface area (Å²) >= 11 is 0. The van der Waals surface area contributed by atoms with Crippen molar-refractivity contribution in [1.82, 2.24) is 0 Å². The molecule has 0 radical (unpaired) electrons. The average Bonchev–Trinajstić information content (AvgIpc) is 3.33. The summed E-state index contributed by atoms with van der Waals surface area (Å²) in [6.45, 7) is 3.97. The van der Waals surface area contributed by atoms with Crippen molar-refractivity contribution in [1.29, 1.82) is 0 Å². The summed E-state index contributed by atoms with van der Waals surface area (Å²) in [5, 5.41) is 12.5. The van der Waals surface area contributed by atoms with E-state index in [0.717, 1.165) is 0 Å². The third-order valence-corrected chi connectivity index (χ3v) is 16.9. The van der Waals surface area contributed by atoms with Gasteiger partial charge in [0.2, 0.25) is 0 Å². The summed E-state index contributed by atoms with van der Waals surface area (Å²) in [6.07, 6.45) is 1.95. The monoisotopic (exact) mass is 1010 g/mol. The Hall–Kier alpha value is -5.30. The Kier molecular flexibility index (Phi) is 17.8. The maximum absolute atomic E-state index is 3.97. The first-order valence-corrected chi connectivity index (χ1v) is 23.8. The second-order valence-electron chi connectivity index (χ2n) is 13.5. The molecule has 4 heteroatoms. The maximum Gasteiger partial charge on any atom is 0 e. The molecule has 0 spiro atoms. The number of benzene rings is 9. The van der Waals surface area contributed by atoms with E-state index in [0.29, 0.717) is 0 Å². The van der Waals surface area contributed by atoms with Crippen molar-refractivity contribution in [2.75, 3.05) is 0 Å². The standard InChI is InChI=1S/C20H17P.2C18H15P.Pt/c1-2-17-11-9-10-16-20(17)21(18-12-5-3-6-13-18)19-14-7-4-8-15-19;2*1-4-10-16(11-5-1)19(17-12-6-2-7-13-17)18-14-8-3-9-15-18;/h2-16H,1H2;2*1-15H;. The number of hydrogen-bond acceptors (Lipinski definition) is 0. The Labute approximate surface area is 375 Å². The first kappa shape index (κ1) is 44.3. The Morgan fingerprint density at radius 1 is 0.233 bits per heavy atom. The smallest absolute Gasteiger partial charge is 0 e. The van der Waals surface area contributed by atoms with Crippen LogP contribution in [0.2, 0.25) is 0 Å². The van der Waals surface area contributed by atoms with Gasteiger partial charge in [0.1, 0.15) is 0 Å². The molecule has 0 heterocycles. The van der Waals surface area contributed by atoms with Crippen LogP contribution in [-0.4, -0.2) is 0 Å².